The molecule has 0 bridgehead atoms. The number of anilines is 1. The third kappa shape index (κ3) is 1.92. The van der Waals surface area contributed by atoms with Crippen LogP contribution in [0.3, 0.4) is 0 Å². The lowest BCUT2D eigenvalue weighted by Crippen LogP contribution is -1.99. The summed E-state index contributed by atoms with van der Waals surface area (Å²) >= 11 is 1.54. The molecule has 0 amide bonds. The van der Waals surface area contributed by atoms with Gasteiger partial charge in [0.15, 0.2) is 5.82 Å². The minimum Gasteiger partial charge on any atom is -0.495 e. The number of methoxy groups -OCH3 is 1. The standard InChI is InChI=1S/C14H13N3OS/c1-8-4-3-5-9-11(8)13(15)17-14(16-9)12-10(18-2)6-7-19-12/h3-7H,1-2H3,(H2,15,16,17). The number of hydrogen-bond acceptors (Lipinski definition) is 5. The fourth-order valence-corrected chi connectivity index (χ4v) is 2.90. The first kappa shape index (κ1) is 11.9. The fraction of sp³-hybridized carbons (Fsp3) is 0.143. The molecule has 5 heteroatoms. The summed E-state index contributed by atoms with van der Waals surface area (Å²) in [6.45, 7) is 2.01. The van der Waals surface area contributed by atoms with E-state index in [1.54, 1.807) is 18.4 Å². The summed E-state index contributed by atoms with van der Waals surface area (Å²) in [6, 6.07) is 7.83. The van der Waals surface area contributed by atoms with Gasteiger partial charge in [-0.15, -0.1) is 11.3 Å². The summed E-state index contributed by atoms with van der Waals surface area (Å²) in [4.78, 5) is 9.90. The average Bonchev–Trinajstić information content (AvgIpc) is 2.86. The third-order valence-electron chi connectivity index (χ3n) is 3.01. The van der Waals surface area contributed by atoms with E-state index in [0.717, 1.165) is 27.1 Å². The number of nitrogens with two attached hydrogens (primary N) is 1. The van der Waals surface area contributed by atoms with Crippen molar-refractivity contribution in [1.82, 2.24) is 9.97 Å². The van der Waals surface area contributed by atoms with Crippen LogP contribution in [0.15, 0.2) is 29.6 Å². The van der Waals surface area contributed by atoms with E-state index in [1.807, 2.05) is 36.6 Å². The molecule has 0 fully saturated rings. The molecule has 0 aliphatic rings. The normalized spacial score (nSPS) is 10.8. The maximum Gasteiger partial charge on any atom is 0.176 e. The zero-order chi connectivity index (χ0) is 13.4. The molecule has 96 valence electrons. The lowest BCUT2D eigenvalue weighted by Gasteiger charge is -2.07. The maximum atomic E-state index is 6.07. The summed E-state index contributed by atoms with van der Waals surface area (Å²) in [6.07, 6.45) is 0. The van der Waals surface area contributed by atoms with Gasteiger partial charge >= 0.3 is 0 Å². The van der Waals surface area contributed by atoms with Crippen molar-refractivity contribution in [2.75, 3.05) is 12.8 Å². The Labute approximate surface area is 114 Å². The van der Waals surface area contributed by atoms with Crippen LogP contribution < -0.4 is 10.5 Å². The van der Waals surface area contributed by atoms with Crippen LogP contribution >= 0.6 is 11.3 Å². The Bertz CT molecular complexity index is 752. The molecule has 2 N–H and O–H groups in total. The molecule has 0 spiro atoms. The lowest BCUT2D eigenvalue weighted by molar-refractivity contribution is 0.418. The monoisotopic (exact) mass is 271 g/mol. The summed E-state index contributed by atoms with van der Waals surface area (Å²) < 4.78 is 5.30. The highest BCUT2D eigenvalue weighted by Gasteiger charge is 2.13. The predicted molar refractivity (Wildman–Crippen MR) is 78.6 cm³/mol. The number of nitrogens with zero attached hydrogens (tertiary/aromatic N) is 2. The summed E-state index contributed by atoms with van der Waals surface area (Å²) in [5.74, 6) is 1.90. The molecule has 0 saturated carbocycles. The van der Waals surface area contributed by atoms with Crippen LogP contribution in [0.4, 0.5) is 5.82 Å². The maximum absolute atomic E-state index is 6.07. The SMILES string of the molecule is COc1ccsc1-c1nc(N)c2c(C)cccc2n1. The first-order valence-electron chi connectivity index (χ1n) is 5.85. The summed E-state index contributed by atoms with van der Waals surface area (Å²) in [7, 11) is 1.64. The Morgan fingerprint density at radius 1 is 1.21 bits per heavy atom. The van der Waals surface area contributed by atoms with E-state index in [0.29, 0.717) is 11.6 Å². The average molecular weight is 271 g/mol. The molecular formula is C14H13N3OS. The predicted octanol–water partition coefficient (Wildman–Crippen LogP) is 3.26. The minimum absolute atomic E-state index is 0.508. The second kappa shape index (κ2) is 4.51. The smallest absolute Gasteiger partial charge is 0.176 e. The molecule has 0 saturated heterocycles. The van der Waals surface area contributed by atoms with Crippen molar-refractivity contribution in [2.24, 2.45) is 0 Å². The van der Waals surface area contributed by atoms with Gasteiger partial charge in [0.2, 0.25) is 0 Å². The van der Waals surface area contributed by atoms with E-state index < -0.39 is 0 Å². The second-order valence-corrected chi connectivity index (χ2v) is 5.14. The number of aryl methyl sites for hydroxylation is 1. The fourth-order valence-electron chi connectivity index (χ4n) is 2.11. The van der Waals surface area contributed by atoms with Gasteiger partial charge < -0.3 is 10.5 Å². The van der Waals surface area contributed by atoms with Crippen LogP contribution in [0.1, 0.15) is 5.56 Å². The van der Waals surface area contributed by atoms with Crippen molar-refractivity contribution < 1.29 is 4.74 Å². The van der Waals surface area contributed by atoms with Gasteiger partial charge in [0, 0.05) is 5.39 Å². The molecule has 0 radical (unpaired) electrons. The Morgan fingerprint density at radius 2 is 2.05 bits per heavy atom. The second-order valence-electron chi connectivity index (χ2n) is 4.22. The first-order chi connectivity index (χ1) is 9.20. The molecule has 0 aliphatic heterocycles. The third-order valence-corrected chi connectivity index (χ3v) is 3.90. The number of hydrogen-bond donors (Lipinski definition) is 1. The molecule has 0 aliphatic carbocycles. The first-order valence-corrected chi connectivity index (χ1v) is 6.73. The Kier molecular flexibility index (Phi) is 2.83. The van der Waals surface area contributed by atoms with Crippen molar-refractivity contribution in [3.8, 4) is 16.5 Å². The lowest BCUT2D eigenvalue weighted by atomic mass is 10.1. The van der Waals surface area contributed by atoms with Gasteiger partial charge in [-0.1, -0.05) is 12.1 Å². The quantitative estimate of drug-likeness (QED) is 0.777. The summed E-state index contributed by atoms with van der Waals surface area (Å²) in [5.41, 5.74) is 8.01. The van der Waals surface area contributed by atoms with Crippen LogP contribution in [-0.4, -0.2) is 17.1 Å². The van der Waals surface area contributed by atoms with Crippen molar-refractivity contribution in [3.05, 3.63) is 35.2 Å². The topological polar surface area (TPSA) is 61.0 Å². The molecule has 19 heavy (non-hydrogen) atoms. The van der Waals surface area contributed by atoms with Gasteiger partial charge in [-0.05, 0) is 30.0 Å². The summed E-state index contributed by atoms with van der Waals surface area (Å²) in [5, 5.41) is 2.87. The zero-order valence-corrected chi connectivity index (χ0v) is 11.5. The molecule has 1 aromatic carbocycles. The van der Waals surface area contributed by atoms with E-state index in [-0.39, 0.29) is 0 Å². The Morgan fingerprint density at radius 3 is 2.84 bits per heavy atom. The number of ether oxygens (including phenoxy) is 1. The number of rotatable bonds is 2. The molecule has 4 nitrogen and oxygen atoms in total. The molecule has 0 unspecified atom stereocenters. The number of thiophene rings is 1. The van der Waals surface area contributed by atoms with E-state index in [2.05, 4.69) is 9.97 Å². The molecule has 3 rings (SSSR count). The van der Waals surface area contributed by atoms with Crippen LogP contribution in [0.2, 0.25) is 0 Å². The van der Waals surface area contributed by atoms with E-state index >= 15 is 0 Å². The van der Waals surface area contributed by atoms with Gasteiger partial charge in [0.1, 0.15) is 16.4 Å². The van der Waals surface area contributed by atoms with Crippen molar-refractivity contribution in [2.45, 2.75) is 6.92 Å². The highest BCUT2D eigenvalue weighted by atomic mass is 32.1. The molecule has 2 heterocycles. The highest BCUT2D eigenvalue weighted by Crippen LogP contribution is 2.35. The van der Waals surface area contributed by atoms with E-state index in [4.69, 9.17) is 10.5 Å². The highest BCUT2D eigenvalue weighted by molar-refractivity contribution is 7.13. The number of fused-ring (bicyclic) bond motifs is 1. The molecule has 3 aromatic rings. The Hall–Kier alpha value is -2.14. The van der Waals surface area contributed by atoms with Gasteiger partial charge in [-0.2, -0.15) is 0 Å². The minimum atomic E-state index is 0.508. The van der Waals surface area contributed by atoms with E-state index in [9.17, 15) is 0 Å². The Balaban J connectivity index is 2.27. The largest absolute Gasteiger partial charge is 0.495 e. The zero-order valence-electron chi connectivity index (χ0n) is 10.7. The van der Waals surface area contributed by atoms with Crippen LogP contribution in [0.5, 0.6) is 5.75 Å². The number of nitrogen functional groups attached to an aromatic ring is 1. The van der Waals surface area contributed by atoms with Crippen molar-refractivity contribution in [3.63, 3.8) is 0 Å². The van der Waals surface area contributed by atoms with Crippen molar-refractivity contribution >= 4 is 28.1 Å². The number of benzene rings is 1. The number of aromatic nitrogens is 2. The van der Waals surface area contributed by atoms with Crippen LogP contribution in [0.25, 0.3) is 21.6 Å². The van der Waals surface area contributed by atoms with Gasteiger partial charge in [-0.3, -0.25) is 0 Å². The van der Waals surface area contributed by atoms with Crippen molar-refractivity contribution in [1.29, 1.82) is 0 Å². The molecule has 0 atom stereocenters. The van der Waals surface area contributed by atoms with Gasteiger partial charge in [0.05, 0.1) is 12.6 Å². The van der Waals surface area contributed by atoms with Gasteiger partial charge in [0.25, 0.3) is 0 Å². The van der Waals surface area contributed by atoms with E-state index in [1.165, 1.54) is 0 Å². The molecular weight excluding hydrogens is 258 g/mol. The van der Waals surface area contributed by atoms with Crippen LogP contribution in [-0.2, 0) is 0 Å². The van der Waals surface area contributed by atoms with Crippen LogP contribution in [0, 0.1) is 6.92 Å². The molecule has 2 aromatic heterocycles. The van der Waals surface area contributed by atoms with Gasteiger partial charge in [-0.25, -0.2) is 9.97 Å².